The van der Waals surface area contributed by atoms with Crippen LogP contribution in [-0.2, 0) is 27.4 Å². The Balaban J connectivity index is 1.44. The number of hydrogen-bond donors (Lipinski definition) is 4. The second kappa shape index (κ2) is 19.2. The van der Waals surface area contributed by atoms with Crippen molar-refractivity contribution in [1.29, 1.82) is 0 Å². The number of likely N-dealkylation sites (N-methyl/N-ethyl adjacent to an activating group) is 2. The van der Waals surface area contributed by atoms with Crippen LogP contribution in [0.1, 0.15) is 64.2 Å². The minimum Gasteiger partial charge on any atom is -0.493 e. The Morgan fingerprint density at radius 3 is 2.40 bits per heavy atom. The van der Waals surface area contributed by atoms with Crippen LogP contribution in [0.5, 0.6) is 5.75 Å². The summed E-state index contributed by atoms with van der Waals surface area (Å²) in [6.45, 7) is 15.6. The molecule has 0 spiro atoms. The van der Waals surface area contributed by atoms with Gasteiger partial charge in [0.1, 0.15) is 17.9 Å². The summed E-state index contributed by atoms with van der Waals surface area (Å²) in [6.07, 6.45) is 6.38. The highest BCUT2D eigenvalue weighted by Crippen LogP contribution is 2.61. The van der Waals surface area contributed by atoms with Gasteiger partial charge in [-0.2, -0.15) is 5.06 Å². The van der Waals surface area contributed by atoms with Crippen molar-refractivity contribution in [3.63, 3.8) is 0 Å². The summed E-state index contributed by atoms with van der Waals surface area (Å²) < 4.78 is 6.37. The topological polar surface area (TPSA) is 127 Å². The van der Waals surface area contributed by atoms with Crippen molar-refractivity contribution in [2.45, 2.75) is 90.8 Å². The zero-order chi connectivity index (χ0) is 41.6. The number of nitrogens with zero attached hydrogens (tertiary/aromatic N) is 3. The number of hydroxylamine groups is 2. The molecule has 2 aromatic rings. The molecule has 0 radical (unpaired) electrons. The van der Waals surface area contributed by atoms with Gasteiger partial charge < -0.3 is 35.4 Å². The first-order chi connectivity index (χ1) is 27.0. The first kappa shape index (κ1) is 44.1. The Morgan fingerprint density at radius 1 is 1.09 bits per heavy atom. The molecular formula is C46H67N5O6. The lowest BCUT2D eigenvalue weighted by atomic mass is 9.45. The number of para-hydroxylation sites is 1. The number of benzene rings is 2. The maximum atomic E-state index is 14.3. The molecule has 3 saturated carbocycles. The van der Waals surface area contributed by atoms with Crippen molar-refractivity contribution < 1.29 is 29.4 Å². The van der Waals surface area contributed by atoms with Crippen LogP contribution in [0.15, 0.2) is 79.0 Å². The Labute approximate surface area is 340 Å². The summed E-state index contributed by atoms with van der Waals surface area (Å²) in [7, 11) is 7.80. The minimum atomic E-state index is -0.912. The zero-order valence-electron chi connectivity index (χ0n) is 35.6. The number of carbonyl (C=O) groups is 2. The minimum absolute atomic E-state index is 0.0271. The molecule has 2 aromatic carbocycles. The van der Waals surface area contributed by atoms with Gasteiger partial charge in [0.2, 0.25) is 11.8 Å². The molecule has 1 heterocycles. The lowest BCUT2D eigenvalue weighted by Crippen LogP contribution is -2.62. The van der Waals surface area contributed by atoms with E-state index in [0.717, 1.165) is 28.8 Å². The van der Waals surface area contributed by atoms with Crippen LogP contribution < -0.4 is 15.4 Å². The molecule has 6 rings (SSSR count). The molecule has 0 aromatic heterocycles. The third kappa shape index (κ3) is 10.4. The molecule has 2 bridgehead atoms. The maximum absolute atomic E-state index is 14.3. The predicted molar refractivity (Wildman–Crippen MR) is 226 cm³/mol. The Hall–Kier alpha value is -4.00. The fourth-order valence-electron chi connectivity index (χ4n) is 9.34. The van der Waals surface area contributed by atoms with E-state index in [-0.39, 0.29) is 42.5 Å². The summed E-state index contributed by atoms with van der Waals surface area (Å²) in [5.74, 6) is 0.921. The molecule has 57 heavy (non-hydrogen) atoms. The molecule has 312 valence electrons. The number of ether oxygens (including phenoxy) is 1. The van der Waals surface area contributed by atoms with Crippen LogP contribution in [0.3, 0.4) is 0 Å². The smallest absolute Gasteiger partial charge is 0.244 e. The SMILES string of the molecule is C=C(C=C(C=CC(=O)N[C@H](Cc1ccccc1)CN(C)C)c1cccc(CN2O[C@@H](CO)[C@@H]([C@H](C)O)[C@H]2C(=O)N[C@H]2C[C@H]3C[C@@H]([C@@H]2C)C3(C)C)c1OCC)N(C)C. The molecule has 3 aliphatic carbocycles. The first-order valence-corrected chi connectivity index (χ1v) is 20.6. The molecular weight excluding hydrogens is 719 g/mol. The molecule has 11 heteroatoms. The number of amides is 2. The van der Waals surface area contributed by atoms with Gasteiger partial charge >= 0.3 is 0 Å². The van der Waals surface area contributed by atoms with E-state index in [1.165, 1.54) is 6.42 Å². The Morgan fingerprint density at radius 2 is 1.81 bits per heavy atom. The lowest BCUT2D eigenvalue weighted by Gasteiger charge is -2.62. The van der Waals surface area contributed by atoms with Gasteiger partial charge in [-0.3, -0.25) is 14.4 Å². The molecule has 4 N–H and O–H groups in total. The quantitative estimate of drug-likeness (QED) is 0.121. The average Bonchev–Trinajstić information content (AvgIpc) is 3.53. The van der Waals surface area contributed by atoms with Crippen LogP contribution in [0.4, 0.5) is 0 Å². The van der Waals surface area contributed by atoms with E-state index in [1.807, 2.05) is 82.5 Å². The van der Waals surface area contributed by atoms with E-state index in [4.69, 9.17) is 9.57 Å². The molecule has 4 aliphatic rings. The summed E-state index contributed by atoms with van der Waals surface area (Å²) in [6, 6.07) is 15.0. The number of fused-ring (bicyclic) bond motifs is 2. The van der Waals surface area contributed by atoms with Gasteiger partial charge in [0.25, 0.3) is 0 Å². The van der Waals surface area contributed by atoms with Crippen LogP contribution >= 0.6 is 0 Å². The predicted octanol–water partition coefficient (Wildman–Crippen LogP) is 5.05. The van der Waals surface area contributed by atoms with Crippen LogP contribution in [0, 0.1) is 29.1 Å². The largest absolute Gasteiger partial charge is 0.493 e. The summed E-state index contributed by atoms with van der Waals surface area (Å²) in [4.78, 5) is 38.2. The van der Waals surface area contributed by atoms with Crippen molar-refractivity contribution >= 4 is 17.4 Å². The second-order valence-electron chi connectivity index (χ2n) is 17.4. The molecule has 11 nitrogen and oxygen atoms in total. The van der Waals surface area contributed by atoms with Crippen molar-refractivity contribution in [3.8, 4) is 5.75 Å². The normalized spacial score (nSPS) is 26.8. The van der Waals surface area contributed by atoms with Crippen molar-refractivity contribution in [2.24, 2.45) is 29.1 Å². The fraction of sp³-hybridized carbons (Fsp3) is 0.565. The number of nitrogens with one attached hydrogen (secondary N) is 2. The van der Waals surface area contributed by atoms with E-state index in [9.17, 15) is 19.8 Å². The van der Waals surface area contributed by atoms with Gasteiger partial charge in [0, 0.05) is 61.5 Å². The highest BCUT2D eigenvalue weighted by Gasteiger charge is 2.57. The summed E-state index contributed by atoms with van der Waals surface area (Å²) >= 11 is 0. The van der Waals surface area contributed by atoms with Gasteiger partial charge in [-0.15, -0.1) is 0 Å². The molecule has 4 fully saturated rings. The summed E-state index contributed by atoms with van der Waals surface area (Å²) in [5, 5.41) is 29.6. The van der Waals surface area contributed by atoms with E-state index in [1.54, 1.807) is 24.1 Å². The molecule has 9 atom stereocenters. The van der Waals surface area contributed by atoms with E-state index < -0.39 is 24.2 Å². The van der Waals surface area contributed by atoms with Crippen molar-refractivity contribution in [1.82, 2.24) is 25.5 Å². The number of aliphatic hydroxyl groups is 2. The third-order valence-corrected chi connectivity index (χ3v) is 12.7. The highest BCUT2D eigenvalue weighted by atomic mass is 16.7. The van der Waals surface area contributed by atoms with Crippen LogP contribution in [0.2, 0.25) is 0 Å². The lowest BCUT2D eigenvalue weighted by molar-refractivity contribution is -0.183. The first-order valence-electron chi connectivity index (χ1n) is 20.6. The van der Waals surface area contributed by atoms with Crippen molar-refractivity contribution in [2.75, 3.05) is 47.9 Å². The van der Waals surface area contributed by atoms with E-state index in [0.29, 0.717) is 48.6 Å². The third-order valence-electron chi connectivity index (χ3n) is 12.7. The second-order valence-corrected chi connectivity index (χ2v) is 17.4. The highest BCUT2D eigenvalue weighted by molar-refractivity contribution is 5.92. The van der Waals surface area contributed by atoms with Gasteiger partial charge in [0.05, 0.1) is 25.9 Å². The standard InChI is InChI=1S/C46H67N5O6/c1-11-56-44-34(26-51-43(42(31(4)53)40(28-52)57-51)45(55)48-39-25-35-24-38(30(39)3)46(35,5)6)18-15-19-37(44)33(22-29(2)50(9)10)20-21-41(54)47-36(27-49(7)8)23-32-16-13-12-14-17-32/h12-22,30-31,35-36,38-40,42-43,52-53H,2,11,23-28H2,1,3-10H3,(H,47,54)(H,48,55)/t30-,31-,35+,36+,38-,39-,40-,42+,43-/m0/s1. The zero-order valence-corrected chi connectivity index (χ0v) is 35.6. The molecule has 1 saturated heterocycles. The van der Waals surface area contributed by atoms with Gasteiger partial charge in [-0.25, -0.2) is 0 Å². The van der Waals surface area contributed by atoms with E-state index >= 15 is 0 Å². The van der Waals surface area contributed by atoms with Crippen LogP contribution in [0.25, 0.3) is 5.57 Å². The van der Waals surface area contributed by atoms with Gasteiger partial charge in [-0.05, 0) is 93.7 Å². The fourth-order valence-corrected chi connectivity index (χ4v) is 9.34. The van der Waals surface area contributed by atoms with E-state index in [2.05, 4.69) is 55.0 Å². The van der Waals surface area contributed by atoms with Gasteiger partial charge in [-0.1, -0.05) is 75.9 Å². The number of allylic oxidation sites excluding steroid dienone is 3. The molecule has 1 aliphatic heterocycles. The van der Waals surface area contributed by atoms with Crippen molar-refractivity contribution in [3.05, 3.63) is 95.7 Å². The Kier molecular flexibility index (Phi) is 14.8. The number of carbonyl (C=O) groups excluding carboxylic acids is 2. The molecule has 0 unspecified atom stereocenters. The number of hydrogen-bond acceptors (Lipinski definition) is 9. The average molecular weight is 786 g/mol. The molecule has 2 amide bonds. The number of aliphatic hydroxyl groups excluding tert-OH is 2. The maximum Gasteiger partial charge on any atom is 0.244 e. The van der Waals surface area contributed by atoms with Gasteiger partial charge in [0.15, 0.2) is 0 Å². The summed E-state index contributed by atoms with van der Waals surface area (Å²) in [5.41, 5.74) is 4.33. The Bertz CT molecular complexity index is 1760. The number of rotatable bonds is 18. The van der Waals surface area contributed by atoms with Crippen LogP contribution in [-0.4, -0.2) is 115 Å². The monoisotopic (exact) mass is 786 g/mol.